The van der Waals surface area contributed by atoms with Gasteiger partial charge in [-0.25, -0.2) is 0 Å². The Morgan fingerprint density at radius 1 is 1.39 bits per heavy atom. The molecule has 1 aromatic rings. The average Bonchev–Trinajstić information content (AvgIpc) is 2.46. The second-order valence-electron chi connectivity index (χ2n) is 5.54. The summed E-state index contributed by atoms with van der Waals surface area (Å²) in [4.78, 5) is 12.0. The number of hydrogen-bond acceptors (Lipinski definition) is 4. The molecule has 1 atom stereocenters. The van der Waals surface area contributed by atoms with Crippen LogP contribution in [0.25, 0.3) is 0 Å². The smallest absolute Gasteiger partial charge is 0.387 e. The summed E-state index contributed by atoms with van der Waals surface area (Å²) >= 11 is 0. The number of nitrogens with one attached hydrogen (secondary N) is 1. The van der Waals surface area contributed by atoms with Gasteiger partial charge in [0.15, 0.2) is 11.5 Å². The molecule has 5 nitrogen and oxygen atoms in total. The molecule has 0 aliphatic rings. The van der Waals surface area contributed by atoms with E-state index in [0.717, 1.165) is 12.0 Å². The average molecular weight is 330 g/mol. The summed E-state index contributed by atoms with van der Waals surface area (Å²) in [5, 5.41) is 2.76. The predicted octanol–water partition coefficient (Wildman–Crippen LogP) is 2.47. The van der Waals surface area contributed by atoms with Gasteiger partial charge in [0.05, 0.1) is 12.6 Å². The third kappa shape index (κ3) is 6.02. The lowest BCUT2D eigenvalue weighted by Crippen LogP contribution is -2.51. The number of methoxy groups -OCH3 is 1. The molecule has 0 radical (unpaired) electrons. The van der Waals surface area contributed by atoms with Gasteiger partial charge < -0.3 is 20.5 Å². The molecule has 0 aliphatic carbocycles. The number of hydrogen-bond donors (Lipinski definition) is 2. The van der Waals surface area contributed by atoms with Crippen molar-refractivity contribution >= 4 is 5.91 Å². The van der Waals surface area contributed by atoms with Crippen molar-refractivity contribution in [2.45, 2.75) is 45.3 Å². The Bertz CT molecular complexity index is 522. The molecular weight excluding hydrogens is 306 g/mol. The van der Waals surface area contributed by atoms with E-state index >= 15 is 0 Å². The van der Waals surface area contributed by atoms with Gasteiger partial charge in [0, 0.05) is 6.54 Å². The van der Waals surface area contributed by atoms with Crippen LogP contribution in [0, 0.1) is 0 Å². The lowest BCUT2D eigenvalue weighted by Gasteiger charge is -2.22. The highest BCUT2D eigenvalue weighted by Crippen LogP contribution is 2.29. The maximum Gasteiger partial charge on any atom is 0.387 e. The highest BCUT2D eigenvalue weighted by atomic mass is 19.3. The van der Waals surface area contributed by atoms with Crippen LogP contribution < -0.4 is 20.5 Å². The van der Waals surface area contributed by atoms with Gasteiger partial charge in [-0.15, -0.1) is 0 Å². The standard InChI is InChI=1S/C16H24F2N2O3/c1-4-8-16(2,19)14(21)20-9-7-11-5-6-12(22-3)13(10-11)23-15(17)18/h5-6,10,15H,4,7-9,19H2,1-3H3,(H,20,21). The van der Waals surface area contributed by atoms with Crippen LogP contribution >= 0.6 is 0 Å². The Hall–Kier alpha value is -1.89. The van der Waals surface area contributed by atoms with Crippen molar-refractivity contribution in [1.29, 1.82) is 0 Å². The van der Waals surface area contributed by atoms with Crippen LogP contribution in [0.3, 0.4) is 0 Å². The molecule has 130 valence electrons. The molecule has 1 amide bonds. The number of amides is 1. The Morgan fingerprint density at radius 2 is 2.09 bits per heavy atom. The SMILES string of the molecule is CCCC(C)(N)C(=O)NCCc1ccc(OC)c(OC(F)F)c1. The maximum atomic E-state index is 12.4. The molecule has 0 heterocycles. The number of ether oxygens (including phenoxy) is 2. The Kier molecular flexibility index (Phi) is 7.22. The van der Waals surface area contributed by atoms with E-state index in [1.165, 1.54) is 13.2 Å². The second-order valence-corrected chi connectivity index (χ2v) is 5.54. The van der Waals surface area contributed by atoms with Crippen molar-refractivity contribution in [2.75, 3.05) is 13.7 Å². The van der Waals surface area contributed by atoms with Gasteiger partial charge in [-0.05, 0) is 37.5 Å². The largest absolute Gasteiger partial charge is 0.493 e. The highest BCUT2D eigenvalue weighted by Gasteiger charge is 2.26. The molecule has 0 aliphatic heterocycles. The van der Waals surface area contributed by atoms with Crippen LogP contribution in [-0.2, 0) is 11.2 Å². The summed E-state index contributed by atoms with van der Waals surface area (Å²) in [5.74, 6) is -0.0200. The first kappa shape index (κ1) is 19.2. The predicted molar refractivity (Wildman–Crippen MR) is 83.8 cm³/mol. The first-order valence-electron chi connectivity index (χ1n) is 7.49. The minimum atomic E-state index is -2.93. The van der Waals surface area contributed by atoms with Crippen molar-refractivity contribution < 1.29 is 23.0 Å². The van der Waals surface area contributed by atoms with Crippen molar-refractivity contribution in [1.82, 2.24) is 5.32 Å². The van der Waals surface area contributed by atoms with E-state index in [-0.39, 0.29) is 17.4 Å². The van der Waals surface area contributed by atoms with Crippen LogP contribution in [0.5, 0.6) is 11.5 Å². The molecule has 3 N–H and O–H groups in total. The summed E-state index contributed by atoms with van der Waals surface area (Å²) in [6.45, 7) is 1.08. The quantitative estimate of drug-likeness (QED) is 0.729. The topological polar surface area (TPSA) is 73.6 Å². The van der Waals surface area contributed by atoms with Crippen molar-refractivity contribution in [3.63, 3.8) is 0 Å². The fourth-order valence-corrected chi connectivity index (χ4v) is 2.22. The minimum Gasteiger partial charge on any atom is -0.493 e. The monoisotopic (exact) mass is 330 g/mol. The van der Waals surface area contributed by atoms with Crippen molar-refractivity contribution in [2.24, 2.45) is 5.73 Å². The number of carbonyl (C=O) groups excluding carboxylic acids is 1. The van der Waals surface area contributed by atoms with Crippen LogP contribution in [-0.4, -0.2) is 31.7 Å². The van der Waals surface area contributed by atoms with E-state index < -0.39 is 12.2 Å². The zero-order valence-electron chi connectivity index (χ0n) is 13.7. The minimum absolute atomic E-state index is 0.0269. The highest BCUT2D eigenvalue weighted by molar-refractivity contribution is 5.85. The molecule has 0 saturated carbocycles. The van der Waals surface area contributed by atoms with Crippen LogP contribution in [0.4, 0.5) is 8.78 Å². The fraction of sp³-hybridized carbons (Fsp3) is 0.562. The van der Waals surface area contributed by atoms with Gasteiger partial charge >= 0.3 is 6.61 Å². The molecule has 1 unspecified atom stereocenters. The molecule has 0 aromatic heterocycles. The van der Waals surface area contributed by atoms with E-state index in [9.17, 15) is 13.6 Å². The normalized spacial score (nSPS) is 13.5. The molecule has 0 saturated heterocycles. The van der Waals surface area contributed by atoms with E-state index in [1.807, 2.05) is 6.92 Å². The first-order valence-corrected chi connectivity index (χ1v) is 7.49. The summed E-state index contributed by atoms with van der Waals surface area (Å²) < 4.78 is 34.2. The Morgan fingerprint density at radius 3 is 2.65 bits per heavy atom. The van der Waals surface area contributed by atoms with E-state index in [4.69, 9.17) is 10.5 Å². The number of halogens is 2. The number of nitrogens with two attached hydrogens (primary N) is 1. The van der Waals surface area contributed by atoms with Gasteiger partial charge in [0.25, 0.3) is 0 Å². The van der Waals surface area contributed by atoms with Gasteiger partial charge in [0.2, 0.25) is 5.91 Å². The summed E-state index contributed by atoms with van der Waals surface area (Å²) in [6.07, 6.45) is 1.87. The first-order chi connectivity index (χ1) is 10.8. The zero-order chi connectivity index (χ0) is 17.5. The molecule has 1 aromatic carbocycles. The molecule has 0 fully saturated rings. The van der Waals surface area contributed by atoms with Crippen LogP contribution in [0.2, 0.25) is 0 Å². The summed E-state index contributed by atoms with van der Waals surface area (Å²) in [7, 11) is 1.38. The van der Waals surface area contributed by atoms with E-state index in [1.54, 1.807) is 19.1 Å². The van der Waals surface area contributed by atoms with Gasteiger partial charge in [-0.2, -0.15) is 8.78 Å². The molecule has 0 spiro atoms. The lowest BCUT2D eigenvalue weighted by atomic mass is 9.96. The van der Waals surface area contributed by atoms with E-state index in [0.29, 0.717) is 19.4 Å². The third-order valence-electron chi connectivity index (χ3n) is 3.43. The summed E-state index contributed by atoms with van der Waals surface area (Å²) in [5.41, 5.74) is 5.78. The van der Waals surface area contributed by atoms with Crippen molar-refractivity contribution in [3.8, 4) is 11.5 Å². The van der Waals surface area contributed by atoms with Crippen LogP contribution in [0.15, 0.2) is 18.2 Å². The second kappa shape index (κ2) is 8.67. The van der Waals surface area contributed by atoms with Crippen molar-refractivity contribution in [3.05, 3.63) is 23.8 Å². The molecule has 23 heavy (non-hydrogen) atoms. The van der Waals surface area contributed by atoms with Gasteiger partial charge in [-0.3, -0.25) is 4.79 Å². The fourth-order valence-electron chi connectivity index (χ4n) is 2.22. The number of carbonyl (C=O) groups is 1. The van der Waals surface area contributed by atoms with Gasteiger partial charge in [-0.1, -0.05) is 19.4 Å². The number of alkyl halides is 2. The Labute approximate surface area is 135 Å². The Balaban J connectivity index is 2.63. The lowest BCUT2D eigenvalue weighted by molar-refractivity contribution is -0.126. The molecule has 0 bridgehead atoms. The maximum absolute atomic E-state index is 12.4. The number of benzene rings is 1. The third-order valence-corrected chi connectivity index (χ3v) is 3.43. The van der Waals surface area contributed by atoms with Crippen LogP contribution in [0.1, 0.15) is 32.3 Å². The van der Waals surface area contributed by atoms with E-state index in [2.05, 4.69) is 10.1 Å². The molecule has 1 rings (SSSR count). The molecule has 7 heteroatoms. The summed E-state index contributed by atoms with van der Waals surface area (Å²) in [6, 6.07) is 4.76. The van der Waals surface area contributed by atoms with Gasteiger partial charge in [0.1, 0.15) is 0 Å². The molecular formula is C16H24F2N2O3. The number of rotatable bonds is 9. The zero-order valence-corrected chi connectivity index (χ0v) is 13.7.